The Morgan fingerprint density at radius 2 is 1.25 bits per heavy atom. The fourth-order valence-electron chi connectivity index (χ4n) is 2.31. The monoisotopic (exact) mass is 288 g/mol. The molecule has 122 valence electrons. The summed E-state index contributed by atoms with van der Waals surface area (Å²) in [6.45, 7) is 6.80. The smallest absolute Gasteiger partial charge is 0.0958 e. The van der Waals surface area contributed by atoms with Gasteiger partial charge in [0, 0.05) is 0 Å². The summed E-state index contributed by atoms with van der Waals surface area (Å²) in [6, 6.07) is 0. The summed E-state index contributed by atoms with van der Waals surface area (Å²) in [7, 11) is 0. The van der Waals surface area contributed by atoms with Gasteiger partial charge in [-0.15, -0.1) is 0 Å². The zero-order chi connectivity index (χ0) is 14.9. The van der Waals surface area contributed by atoms with Crippen molar-refractivity contribution in [1.29, 1.82) is 0 Å². The van der Waals surface area contributed by atoms with Crippen molar-refractivity contribution < 1.29 is 14.8 Å². The van der Waals surface area contributed by atoms with E-state index in [1.807, 2.05) is 6.92 Å². The second kappa shape index (κ2) is 16.9. The first-order chi connectivity index (χ1) is 9.85. The van der Waals surface area contributed by atoms with Crippen LogP contribution in [0, 0.1) is 0 Å². The summed E-state index contributed by atoms with van der Waals surface area (Å²) in [5.41, 5.74) is 0. The van der Waals surface area contributed by atoms with E-state index in [1.165, 1.54) is 64.2 Å². The fourth-order valence-corrected chi connectivity index (χ4v) is 2.31. The zero-order valence-corrected chi connectivity index (χ0v) is 14.0. The van der Waals surface area contributed by atoms with E-state index in [1.54, 1.807) is 0 Å². The summed E-state index contributed by atoms with van der Waals surface area (Å²) in [5, 5.41) is 4.68. The van der Waals surface area contributed by atoms with Crippen LogP contribution in [0.2, 0.25) is 0 Å². The highest BCUT2D eigenvalue weighted by Crippen LogP contribution is 2.14. The fraction of sp³-hybridized carbons (Fsp3) is 1.00. The van der Waals surface area contributed by atoms with Crippen molar-refractivity contribution >= 4 is 0 Å². The van der Waals surface area contributed by atoms with Crippen molar-refractivity contribution in [3.8, 4) is 0 Å². The molecule has 0 fully saturated rings. The van der Waals surface area contributed by atoms with Gasteiger partial charge >= 0.3 is 0 Å². The number of unbranched alkanes of at least 4 members (excludes halogenated alkanes) is 9. The molecule has 0 aromatic rings. The molecule has 3 nitrogen and oxygen atoms in total. The van der Waals surface area contributed by atoms with Crippen LogP contribution in [0.25, 0.3) is 0 Å². The van der Waals surface area contributed by atoms with E-state index in [4.69, 9.17) is 9.78 Å². The van der Waals surface area contributed by atoms with Crippen molar-refractivity contribution in [1.82, 2.24) is 0 Å². The summed E-state index contributed by atoms with van der Waals surface area (Å²) < 4.78 is 0. The Labute approximate surface area is 126 Å². The highest BCUT2D eigenvalue weighted by molar-refractivity contribution is 4.54. The van der Waals surface area contributed by atoms with E-state index in [2.05, 4.69) is 18.9 Å². The lowest BCUT2D eigenvalue weighted by Crippen LogP contribution is -2.12. The molecule has 0 aromatic carbocycles. The van der Waals surface area contributed by atoms with Gasteiger partial charge in [-0.05, 0) is 19.8 Å². The van der Waals surface area contributed by atoms with Gasteiger partial charge in [0.15, 0.2) is 0 Å². The van der Waals surface area contributed by atoms with Crippen LogP contribution >= 0.6 is 0 Å². The maximum Gasteiger partial charge on any atom is 0.0958 e. The predicted octanol–water partition coefficient (Wildman–Crippen LogP) is 5.98. The van der Waals surface area contributed by atoms with E-state index in [-0.39, 0.29) is 6.10 Å². The van der Waals surface area contributed by atoms with Crippen molar-refractivity contribution in [2.45, 2.75) is 104 Å². The van der Waals surface area contributed by atoms with Crippen LogP contribution in [0.15, 0.2) is 0 Å². The summed E-state index contributed by atoms with van der Waals surface area (Å²) in [5.74, 6) is 0. The van der Waals surface area contributed by atoms with Gasteiger partial charge in [0.25, 0.3) is 0 Å². The first-order valence-corrected chi connectivity index (χ1v) is 8.80. The molecule has 0 bridgehead atoms. The molecule has 0 saturated heterocycles. The lowest BCUT2D eigenvalue weighted by Gasteiger charge is -2.13. The largest absolute Gasteiger partial charge is 0.206 e. The Kier molecular flexibility index (Phi) is 16.8. The van der Waals surface area contributed by atoms with Gasteiger partial charge in [-0.2, -0.15) is 0 Å². The number of rotatable bonds is 16. The standard InChI is InChI=1S/C17H36O3/c1-4-7-8-9-10-11-12-13-14-15-16-17(5-2)19-20-18-6-3/h17H,4-16H2,1-3H3. The minimum Gasteiger partial charge on any atom is -0.206 e. The van der Waals surface area contributed by atoms with Crippen molar-refractivity contribution in [3.05, 3.63) is 0 Å². The van der Waals surface area contributed by atoms with Crippen LogP contribution in [0.3, 0.4) is 0 Å². The molecule has 0 heterocycles. The third-order valence-corrected chi connectivity index (χ3v) is 3.68. The van der Waals surface area contributed by atoms with Gasteiger partial charge in [0.1, 0.15) is 0 Å². The number of hydrogen-bond acceptors (Lipinski definition) is 3. The van der Waals surface area contributed by atoms with Crippen molar-refractivity contribution in [3.63, 3.8) is 0 Å². The molecule has 0 amide bonds. The maximum absolute atomic E-state index is 5.19. The third-order valence-electron chi connectivity index (χ3n) is 3.68. The third kappa shape index (κ3) is 14.3. The van der Waals surface area contributed by atoms with Gasteiger partial charge in [-0.3, -0.25) is 0 Å². The average molecular weight is 288 g/mol. The first-order valence-electron chi connectivity index (χ1n) is 8.80. The van der Waals surface area contributed by atoms with Crippen molar-refractivity contribution in [2.24, 2.45) is 0 Å². The van der Waals surface area contributed by atoms with Gasteiger partial charge in [-0.25, -0.2) is 9.78 Å². The van der Waals surface area contributed by atoms with Gasteiger partial charge in [-0.1, -0.05) is 83.1 Å². The second-order valence-electron chi connectivity index (χ2n) is 5.57. The molecular weight excluding hydrogens is 252 g/mol. The van der Waals surface area contributed by atoms with Crippen LogP contribution in [0.5, 0.6) is 0 Å². The quantitative estimate of drug-likeness (QED) is 0.199. The lowest BCUT2D eigenvalue weighted by atomic mass is 10.0. The topological polar surface area (TPSA) is 27.7 Å². The Morgan fingerprint density at radius 1 is 0.700 bits per heavy atom. The molecular formula is C17H36O3. The van der Waals surface area contributed by atoms with E-state index >= 15 is 0 Å². The molecule has 20 heavy (non-hydrogen) atoms. The molecule has 0 radical (unpaired) electrons. The van der Waals surface area contributed by atoms with Gasteiger partial charge < -0.3 is 0 Å². The summed E-state index contributed by atoms with van der Waals surface area (Å²) in [6.07, 6.45) is 15.9. The molecule has 0 aliphatic heterocycles. The Balaban J connectivity index is 3.20. The van der Waals surface area contributed by atoms with Crippen LogP contribution in [-0.2, 0) is 14.8 Å². The van der Waals surface area contributed by atoms with E-state index in [9.17, 15) is 0 Å². The Hall–Kier alpha value is -0.120. The molecule has 0 saturated carbocycles. The summed E-state index contributed by atoms with van der Waals surface area (Å²) in [4.78, 5) is 9.94. The zero-order valence-electron chi connectivity index (χ0n) is 14.0. The molecule has 0 N–H and O–H groups in total. The average Bonchev–Trinajstić information content (AvgIpc) is 2.47. The SMILES string of the molecule is CCCCCCCCCCCCC(CC)OOOCC. The molecule has 0 spiro atoms. The first kappa shape index (κ1) is 19.9. The lowest BCUT2D eigenvalue weighted by molar-refractivity contribution is -0.525. The maximum atomic E-state index is 5.19. The van der Waals surface area contributed by atoms with Gasteiger partial charge in [0.2, 0.25) is 0 Å². The van der Waals surface area contributed by atoms with Gasteiger partial charge in [0.05, 0.1) is 12.7 Å². The van der Waals surface area contributed by atoms with Crippen LogP contribution in [-0.4, -0.2) is 12.7 Å². The predicted molar refractivity (Wildman–Crippen MR) is 84.3 cm³/mol. The van der Waals surface area contributed by atoms with Crippen molar-refractivity contribution in [2.75, 3.05) is 6.61 Å². The van der Waals surface area contributed by atoms with E-state index < -0.39 is 0 Å². The second-order valence-corrected chi connectivity index (χ2v) is 5.57. The minimum absolute atomic E-state index is 0.176. The number of hydrogen-bond donors (Lipinski definition) is 0. The molecule has 0 rings (SSSR count). The normalized spacial score (nSPS) is 12.8. The Morgan fingerprint density at radius 3 is 1.75 bits per heavy atom. The van der Waals surface area contributed by atoms with Crippen LogP contribution < -0.4 is 0 Å². The Bertz CT molecular complexity index is 174. The minimum atomic E-state index is 0.176. The summed E-state index contributed by atoms with van der Waals surface area (Å²) >= 11 is 0. The molecule has 1 atom stereocenters. The van der Waals surface area contributed by atoms with Crippen LogP contribution in [0.4, 0.5) is 0 Å². The molecule has 1 unspecified atom stereocenters. The highest BCUT2D eigenvalue weighted by atomic mass is 17.5. The molecule has 0 aromatic heterocycles. The van der Waals surface area contributed by atoms with Crippen LogP contribution in [0.1, 0.15) is 97.8 Å². The molecule has 0 aliphatic carbocycles. The highest BCUT2D eigenvalue weighted by Gasteiger charge is 2.07. The molecule has 0 aliphatic rings. The van der Waals surface area contributed by atoms with E-state index in [0.717, 1.165) is 12.8 Å². The molecule has 3 heteroatoms. The van der Waals surface area contributed by atoms with E-state index in [0.29, 0.717) is 6.61 Å².